The first kappa shape index (κ1) is 20.8. The molecule has 3 aromatic rings. The lowest BCUT2D eigenvalue weighted by Gasteiger charge is -2.34. The summed E-state index contributed by atoms with van der Waals surface area (Å²) < 4.78 is 1.01. The average molecular weight is 484 g/mol. The minimum atomic E-state index is 0.0280. The SMILES string of the molecule is Cc1ccc(C(=O)N2CCN(C(=O)Cc3csc(-c4cccc(Br)c4)n3)CC2)cc1. The van der Waals surface area contributed by atoms with Crippen molar-refractivity contribution in [3.05, 3.63) is 75.2 Å². The molecule has 1 aliphatic rings. The second-order valence-corrected chi connectivity index (χ2v) is 9.14. The van der Waals surface area contributed by atoms with Gasteiger partial charge in [-0.05, 0) is 31.2 Å². The van der Waals surface area contributed by atoms with Crippen molar-refractivity contribution in [2.24, 2.45) is 0 Å². The van der Waals surface area contributed by atoms with Crippen LogP contribution < -0.4 is 0 Å². The number of aromatic nitrogens is 1. The van der Waals surface area contributed by atoms with Crippen LogP contribution in [0.2, 0.25) is 0 Å². The number of hydrogen-bond acceptors (Lipinski definition) is 4. The molecule has 154 valence electrons. The van der Waals surface area contributed by atoms with Crippen LogP contribution in [-0.2, 0) is 11.2 Å². The predicted molar refractivity (Wildman–Crippen MR) is 123 cm³/mol. The van der Waals surface area contributed by atoms with Gasteiger partial charge in [0.05, 0.1) is 12.1 Å². The van der Waals surface area contributed by atoms with Gasteiger partial charge in [-0.1, -0.05) is 45.8 Å². The molecule has 1 aromatic heterocycles. The Balaban J connectivity index is 1.32. The smallest absolute Gasteiger partial charge is 0.253 e. The minimum absolute atomic E-state index is 0.0280. The van der Waals surface area contributed by atoms with E-state index in [1.807, 2.05) is 70.6 Å². The second kappa shape index (κ2) is 9.10. The van der Waals surface area contributed by atoms with E-state index >= 15 is 0 Å². The van der Waals surface area contributed by atoms with E-state index in [-0.39, 0.29) is 18.2 Å². The summed E-state index contributed by atoms with van der Waals surface area (Å²) in [6.45, 7) is 4.22. The zero-order valence-corrected chi connectivity index (χ0v) is 19.1. The number of halogens is 1. The summed E-state index contributed by atoms with van der Waals surface area (Å²) in [7, 11) is 0. The van der Waals surface area contributed by atoms with Crippen molar-refractivity contribution in [2.45, 2.75) is 13.3 Å². The van der Waals surface area contributed by atoms with Crippen LogP contribution in [-0.4, -0.2) is 52.8 Å². The molecule has 2 aromatic carbocycles. The van der Waals surface area contributed by atoms with Crippen molar-refractivity contribution >= 4 is 39.1 Å². The Kier molecular flexibility index (Phi) is 6.29. The number of carbonyl (C=O) groups excluding carboxylic acids is 2. The summed E-state index contributed by atoms with van der Waals surface area (Å²) in [4.78, 5) is 33.7. The van der Waals surface area contributed by atoms with Crippen LogP contribution in [0.4, 0.5) is 0 Å². The molecule has 30 heavy (non-hydrogen) atoms. The predicted octanol–water partition coefficient (Wildman–Crippen LogP) is 4.41. The molecule has 0 radical (unpaired) electrons. The third-order valence-electron chi connectivity index (χ3n) is 5.17. The van der Waals surface area contributed by atoms with Crippen molar-refractivity contribution in [2.75, 3.05) is 26.2 Å². The number of amides is 2. The van der Waals surface area contributed by atoms with Crippen LogP contribution in [0.3, 0.4) is 0 Å². The van der Waals surface area contributed by atoms with E-state index < -0.39 is 0 Å². The number of thiazole rings is 1. The fraction of sp³-hybridized carbons (Fsp3) is 0.261. The highest BCUT2D eigenvalue weighted by Gasteiger charge is 2.25. The van der Waals surface area contributed by atoms with Crippen molar-refractivity contribution < 1.29 is 9.59 Å². The number of aryl methyl sites for hydroxylation is 1. The molecule has 0 bridgehead atoms. The van der Waals surface area contributed by atoms with Gasteiger partial charge in [-0.15, -0.1) is 11.3 Å². The molecule has 4 rings (SSSR count). The molecular weight excluding hydrogens is 462 g/mol. The molecule has 5 nitrogen and oxygen atoms in total. The van der Waals surface area contributed by atoms with Crippen LogP contribution >= 0.6 is 27.3 Å². The molecule has 1 fully saturated rings. The molecule has 0 N–H and O–H groups in total. The summed E-state index contributed by atoms with van der Waals surface area (Å²) in [5.74, 6) is 0.0868. The number of nitrogens with zero attached hydrogens (tertiary/aromatic N) is 3. The van der Waals surface area contributed by atoms with E-state index in [9.17, 15) is 9.59 Å². The zero-order valence-electron chi connectivity index (χ0n) is 16.7. The minimum Gasteiger partial charge on any atom is -0.339 e. The van der Waals surface area contributed by atoms with Gasteiger partial charge in [0.15, 0.2) is 0 Å². The molecule has 0 aliphatic carbocycles. The Bertz CT molecular complexity index is 1060. The van der Waals surface area contributed by atoms with E-state index in [1.165, 1.54) is 0 Å². The molecule has 0 atom stereocenters. The summed E-state index contributed by atoms with van der Waals surface area (Å²) in [6, 6.07) is 15.6. The highest BCUT2D eigenvalue weighted by molar-refractivity contribution is 9.10. The van der Waals surface area contributed by atoms with Gasteiger partial charge in [0.1, 0.15) is 5.01 Å². The Labute approximate surface area is 188 Å². The molecule has 0 saturated carbocycles. The normalized spacial score (nSPS) is 14.1. The Morgan fingerprint density at radius 1 is 1.03 bits per heavy atom. The van der Waals surface area contributed by atoms with Gasteiger partial charge in [0.2, 0.25) is 5.91 Å². The van der Waals surface area contributed by atoms with Crippen molar-refractivity contribution in [1.29, 1.82) is 0 Å². The second-order valence-electron chi connectivity index (χ2n) is 7.37. The highest BCUT2D eigenvalue weighted by Crippen LogP contribution is 2.26. The molecule has 1 aliphatic heterocycles. The number of piperazine rings is 1. The van der Waals surface area contributed by atoms with E-state index in [4.69, 9.17) is 0 Å². The monoisotopic (exact) mass is 483 g/mol. The van der Waals surface area contributed by atoms with Gasteiger partial charge < -0.3 is 9.80 Å². The lowest BCUT2D eigenvalue weighted by molar-refractivity contribution is -0.132. The zero-order chi connectivity index (χ0) is 21.1. The van der Waals surface area contributed by atoms with E-state index in [1.54, 1.807) is 11.3 Å². The molecule has 2 amide bonds. The lowest BCUT2D eigenvalue weighted by atomic mass is 10.1. The Morgan fingerprint density at radius 2 is 1.73 bits per heavy atom. The Morgan fingerprint density at radius 3 is 2.43 bits per heavy atom. The first-order chi connectivity index (χ1) is 14.5. The van der Waals surface area contributed by atoms with Crippen molar-refractivity contribution in [3.8, 4) is 10.6 Å². The summed E-state index contributed by atoms with van der Waals surface area (Å²) in [6.07, 6.45) is 0.288. The van der Waals surface area contributed by atoms with Crippen LogP contribution in [0.5, 0.6) is 0 Å². The average Bonchev–Trinajstić information content (AvgIpc) is 3.22. The van der Waals surface area contributed by atoms with Crippen LogP contribution in [0.15, 0.2) is 58.4 Å². The number of hydrogen-bond donors (Lipinski definition) is 0. The molecular formula is C23H22BrN3O2S. The number of rotatable bonds is 4. The fourth-order valence-corrected chi connectivity index (χ4v) is 4.66. The van der Waals surface area contributed by atoms with Crippen LogP contribution in [0, 0.1) is 6.92 Å². The summed E-state index contributed by atoms with van der Waals surface area (Å²) in [5.41, 5.74) is 3.66. The maximum atomic E-state index is 12.7. The van der Waals surface area contributed by atoms with Gasteiger partial charge in [0, 0.05) is 47.2 Å². The van der Waals surface area contributed by atoms with Gasteiger partial charge in [-0.2, -0.15) is 0 Å². The number of carbonyl (C=O) groups is 2. The third-order valence-corrected chi connectivity index (χ3v) is 6.61. The van der Waals surface area contributed by atoms with Gasteiger partial charge >= 0.3 is 0 Å². The molecule has 1 saturated heterocycles. The Hall–Kier alpha value is -2.51. The maximum Gasteiger partial charge on any atom is 0.253 e. The largest absolute Gasteiger partial charge is 0.339 e. The molecule has 2 heterocycles. The van der Waals surface area contributed by atoms with E-state index in [2.05, 4.69) is 20.9 Å². The fourth-order valence-electron chi connectivity index (χ4n) is 3.45. The number of benzene rings is 2. The summed E-state index contributed by atoms with van der Waals surface area (Å²) >= 11 is 5.03. The van der Waals surface area contributed by atoms with Gasteiger partial charge in [0.25, 0.3) is 5.91 Å². The van der Waals surface area contributed by atoms with E-state index in [0.717, 1.165) is 26.3 Å². The first-order valence-corrected chi connectivity index (χ1v) is 11.5. The van der Waals surface area contributed by atoms with Crippen LogP contribution in [0.25, 0.3) is 10.6 Å². The van der Waals surface area contributed by atoms with E-state index in [0.29, 0.717) is 31.7 Å². The van der Waals surface area contributed by atoms with Gasteiger partial charge in [-0.25, -0.2) is 4.98 Å². The quantitative estimate of drug-likeness (QED) is 0.552. The van der Waals surface area contributed by atoms with Crippen molar-refractivity contribution in [3.63, 3.8) is 0 Å². The first-order valence-electron chi connectivity index (χ1n) is 9.83. The molecule has 0 spiro atoms. The van der Waals surface area contributed by atoms with Crippen molar-refractivity contribution in [1.82, 2.24) is 14.8 Å². The molecule has 0 unspecified atom stereocenters. The van der Waals surface area contributed by atoms with Gasteiger partial charge in [-0.3, -0.25) is 9.59 Å². The topological polar surface area (TPSA) is 53.5 Å². The summed E-state index contributed by atoms with van der Waals surface area (Å²) in [5, 5.41) is 2.86. The highest BCUT2D eigenvalue weighted by atomic mass is 79.9. The standard InChI is InChI=1S/C23H22BrN3O2S/c1-16-5-7-17(8-6-16)23(29)27-11-9-26(10-12-27)21(28)14-20-15-30-22(25-20)18-3-2-4-19(24)13-18/h2-8,13,15H,9-12,14H2,1H3. The maximum absolute atomic E-state index is 12.7. The lowest BCUT2D eigenvalue weighted by Crippen LogP contribution is -2.51. The molecule has 7 heteroatoms. The van der Waals surface area contributed by atoms with Crippen LogP contribution in [0.1, 0.15) is 21.6 Å². The third kappa shape index (κ3) is 4.79.